The summed E-state index contributed by atoms with van der Waals surface area (Å²) in [5, 5.41) is 10.1. The molecule has 0 unspecified atom stereocenters. The molecule has 100 valence electrons. The average Bonchev–Trinajstić information content (AvgIpc) is 2.85. The van der Waals surface area contributed by atoms with Crippen LogP contribution in [0.3, 0.4) is 0 Å². The number of hydrogen-bond acceptors (Lipinski definition) is 6. The fraction of sp³-hybridized carbons (Fsp3) is 0.182. The van der Waals surface area contributed by atoms with Gasteiger partial charge in [-0.3, -0.25) is 4.79 Å². The van der Waals surface area contributed by atoms with Crippen molar-refractivity contribution in [3.63, 3.8) is 0 Å². The number of anilines is 1. The molecule has 2 rings (SSSR count). The van der Waals surface area contributed by atoms with E-state index in [4.69, 9.17) is 21.1 Å². The number of ether oxygens (including phenoxy) is 2. The first-order valence-corrected chi connectivity index (χ1v) is 6.35. The van der Waals surface area contributed by atoms with Crippen LogP contribution < -0.4 is 14.8 Å². The summed E-state index contributed by atoms with van der Waals surface area (Å²) in [5.41, 5.74) is 0.535. The maximum absolute atomic E-state index is 11.9. The van der Waals surface area contributed by atoms with E-state index in [0.717, 1.165) is 11.3 Å². The van der Waals surface area contributed by atoms with Crippen LogP contribution >= 0.6 is 22.9 Å². The number of carbonyl (C=O) groups is 1. The summed E-state index contributed by atoms with van der Waals surface area (Å²) in [6.07, 6.45) is 0. The van der Waals surface area contributed by atoms with Crippen molar-refractivity contribution >= 4 is 34.5 Å². The van der Waals surface area contributed by atoms with E-state index in [9.17, 15) is 4.79 Å². The SMILES string of the molecule is COc1cc(NC(=O)c2nnc(Cl)s2)cc(OC)c1. The van der Waals surface area contributed by atoms with E-state index < -0.39 is 0 Å². The van der Waals surface area contributed by atoms with Gasteiger partial charge in [0.25, 0.3) is 5.91 Å². The van der Waals surface area contributed by atoms with E-state index in [0.29, 0.717) is 17.2 Å². The maximum Gasteiger partial charge on any atom is 0.286 e. The number of hydrogen-bond donors (Lipinski definition) is 1. The standard InChI is InChI=1S/C11H10ClN3O3S/c1-17-7-3-6(4-8(5-7)18-2)13-9(16)10-14-15-11(12)19-10/h3-5H,1-2H3,(H,13,16). The normalized spacial score (nSPS) is 10.1. The number of carbonyl (C=O) groups excluding carboxylic acids is 1. The highest BCUT2D eigenvalue weighted by atomic mass is 35.5. The Hall–Kier alpha value is -1.86. The monoisotopic (exact) mass is 299 g/mol. The van der Waals surface area contributed by atoms with E-state index in [1.54, 1.807) is 18.2 Å². The Bertz CT molecular complexity index is 580. The van der Waals surface area contributed by atoms with Gasteiger partial charge in [0, 0.05) is 23.9 Å². The average molecular weight is 300 g/mol. The van der Waals surface area contributed by atoms with E-state index in [1.165, 1.54) is 14.2 Å². The first-order valence-electron chi connectivity index (χ1n) is 5.16. The van der Waals surface area contributed by atoms with E-state index in [2.05, 4.69) is 15.5 Å². The van der Waals surface area contributed by atoms with Crippen molar-refractivity contribution in [2.45, 2.75) is 0 Å². The largest absolute Gasteiger partial charge is 0.497 e. The van der Waals surface area contributed by atoms with Gasteiger partial charge < -0.3 is 14.8 Å². The van der Waals surface area contributed by atoms with Crippen LogP contribution in [0.4, 0.5) is 5.69 Å². The van der Waals surface area contributed by atoms with Crippen molar-refractivity contribution in [1.29, 1.82) is 0 Å². The number of benzene rings is 1. The Morgan fingerprint density at radius 2 is 1.84 bits per heavy atom. The molecule has 0 radical (unpaired) electrons. The third kappa shape index (κ3) is 3.33. The van der Waals surface area contributed by atoms with Gasteiger partial charge in [-0.2, -0.15) is 0 Å². The van der Waals surface area contributed by atoms with Gasteiger partial charge in [0.1, 0.15) is 11.5 Å². The summed E-state index contributed by atoms with van der Waals surface area (Å²) in [6.45, 7) is 0. The topological polar surface area (TPSA) is 73.3 Å². The Balaban J connectivity index is 2.20. The van der Waals surface area contributed by atoms with Crippen LogP contribution in [0, 0.1) is 0 Å². The minimum Gasteiger partial charge on any atom is -0.497 e. The van der Waals surface area contributed by atoms with Gasteiger partial charge in [0.2, 0.25) is 9.47 Å². The molecule has 0 aliphatic rings. The second-order valence-corrected chi connectivity index (χ2v) is 4.98. The molecule has 0 saturated heterocycles. The van der Waals surface area contributed by atoms with Gasteiger partial charge in [-0.05, 0) is 11.6 Å². The van der Waals surface area contributed by atoms with Crippen molar-refractivity contribution < 1.29 is 14.3 Å². The molecule has 0 fully saturated rings. The molecule has 1 amide bonds. The minimum absolute atomic E-state index is 0.187. The number of aromatic nitrogens is 2. The zero-order valence-electron chi connectivity index (χ0n) is 10.1. The summed E-state index contributed by atoms with van der Waals surface area (Å²) in [5.74, 6) is 0.759. The number of rotatable bonds is 4. The molecule has 8 heteroatoms. The molecule has 1 aromatic carbocycles. The van der Waals surface area contributed by atoms with E-state index in [1.807, 2.05) is 0 Å². The summed E-state index contributed by atoms with van der Waals surface area (Å²) in [7, 11) is 3.07. The molecule has 19 heavy (non-hydrogen) atoms. The highest BCUT2D eigenvalue weighted by Gasteiger charge is 2.13. The number of amides is 1. The fourth-order valence-corrected chi connectivity index (χ4v) is 2.08. The van der Waals surface area contributed by atoms with Crippen LogP contribution in [0.25, 0.3) is 0 Å². The third-order valence-electron chi connectivity index (χ3n) is 2.20. The molecule has 0 spiro atoms. The molecule has 6 nitrogen and oxygen atoms in total. The van der Waals surface area contributed by atoms with Gasteiger partial charge in [-0.1, -0.05) is 11.3 Å². The lowest BCUT2D eigenvalue weighted by molar-refractivity contribution is 0.102. The van der Waals surface area contributed by atoms with Crippen LogP contribution in [0.2, 0.25) is 4.47 Å². The zero-order valence-corrected chi connectivity index (χ0v) is 11.7. The quantitative estimate of drug-likeness (QED) is 0.939. The van der Waals surface area contributed by atoms with Crippen molar-refractivity contribution in [3.8, 4) is 11.5 Å². The predicted molar refractivity (Wildman–Crippen MR) is 72.4 cm³/mol. The van der Waals surface area contributed by atoms with Gasteiger partial charge in [-0.15, -0.1) is 10.2 Å². The maximum atomic E-state index is 11.9. The molecule has 1 aromatic heterocycles. The molecule has 0 aliphatic carbocycles. The second kappa shape index (κ2) is 5.85. The third-order valence-corrected chi connectivity index (χ3v) is 3.22. The van der Waals surface area contributed by atoms with Crippen LogP contribution in [0.15, 0.2) is 18.2 Å². The Kier molecular flexibility index (Phi) is 4.18. The molecule has 0 saturated carbocycles. The molecule has 0 atom stereocenters. The van der Waals surface area contributed by atoms with Crippen LogP contribution in [0.1, 0.15) is 9.80 Å². The Morgan fingerprint density at radius 3 is 2.32 bits per heavy atom. The second-order valence-electron chi connectivity index (χ2n) is 3.42. The molecule has 1 N–H and O–H groups in total. The van der Waals surface area contributed by atoms with E-state index in [-0.39, 0.29) is 15.4 Å². The molecule has 0 bridgehead atoms. The molecular formula is C11H10ClN3O3S. The van der Waals surface area contributed by atoms with Crippen LogP contribution in [0.5, 0.6) is 11.5 Å². The molecule has 0 aliphatic heterocycles. The number of nitrogens with one attached hydrogen (secondary N) is 1. The van der Waals surface area contributed by atoms with Gasteiger partial charge >= 0.3 is 0 Å². The van der Waals surface area contributed by atoms with Crippen molar-refractivity contribution in [1.82, 2.24) is 10.2 Å². The van der Waals surface area contributed by atoms with Crippen LogP contribution in [-0.4, -0.2) is 30.3 Å². The van der Waals surface area contributed by atoms with E-state index >= 15 is 0 Å². The minimum atomic E-state index is -0.389. The summed E-state index contributed by atoms with van der Waals surface area (Å²) in [4.78, 5) is 11.9. The Morgan fingerprint density at radius 1 is 1.21 bits per heavy atom. The van der Waals surface area contributed by atoms with Crippen molar-refractivity contribution in [3.05, 3.63) is 27.7 Å². The summed E-state index contributed by atoms with van der Waals surface area (Å²) < 4.78 is 10.4. The number of nitrogens with zero attached hydrogens (tertiary/aromatic N) is 2. The zero-order chi connectivity index (χ0) is 13.8. The lowest BCUT2D eigenvalue weighted by Gasteiger charge is -2.08. The molecule has 2 aromatic rings. The highest BCUT2D eigenvalue weighted by Crippen LogP contribution is 2.26. The summed E-state index contributed by atoms with van der Waals surface area (Å²) in [6, 6.07) is 5.05. The number of methoxy groups -OCH3 is 2. The van der Waals surface area contributed by atoms with Gasteiger partial charge in [-0.25, -0.2) is 0 Å². The highest BCUT2D eigenvalue weighted by molar-refractivity contribution is 7.17. The van der Waals surface area contributed by atoms with Crippen LogP contribution in [-0.2, 0) is 0 Å². The Labute approximate surface area is 118 Å². The first kappa shape index (κ1) is 13.6. The molecule has 1 heterocycles. The summed E-state index contributed by atoms with van der Waals surface area (Å²) >= 11 is 6.63. The predicted octanol–water partition coefficient (Wildman–Crippen LogP) is 2.46. The lowest BCUT2D eigenvalue weighted by atomic mass is 10.2. The van der Waals surface area contributed by atoms with Crippen molar-refractivity contribution in [2.24, 2.45) is 0 Å². The van der Waals surface area contributed by atoms with Gasteiger partial charge in [0.15, 0.2) is 0 Å². The molecular weight excluding hydrogens is 290 g/mol. The smallest absolute Gasteiger partial charge is 0.286 e. The first-order chi connectivity index (χ1) is 9.12. The fourth-order valence-electron chi connectivity index (χ4n) is 1.36. The number of halogens is 1. The van der Waals surface area contributed by atoms with Crippen molar-refractivity contribution in [2.75, 3.05) is 19.5 Å². The lowest BCUT2D eigenvalue weighted by Crippen LogP contribution is -2.11. The van der Waals surface area contributed by atoms with Gasteiger partial charge in [0.05, 0.1) is 14.2 Å².